The van der Waals surface area contributed by atoms with E-state index in [9.17, 15) is 8.78 Å². The van der Waals surface area contributed by atoms with Gasteiger partial charge in [0.2, 0.25) is 0 Å². The number of nitrogen functional groups attached to an aromatic ring is 2. The molecule has 0 aliphatic rings. The minimum atomic E-state index is -0.541. The molecule has 18 heavy (non-hydrogen) atoms. The molecule has 2 rings (SSSR count). The lowest BCUT2D eigenvalue weighted by molar-refractivity contribution is 0.616. The van der Waals surface area contributed by atoms with Gasteiger partial charge >= 0.3 is 0 Å². The highest BCUT2D eigenvalue weighted by molar-refractivity contribution is 5.71. The van der Waals surface area contributed by atoms with Crippen molar-refractivity contribution in [2.75, 3.05) is 11.5 Å². The minimum absolute atomic E-state index is 0.197. The quantitative estimate of drug-likeness (QED) is 0.760. The summed E-state index contributed by atoms with van der Waals surface area (Å²) >= 11 is 0. The highest BCUT2D eigenvalue weighted by atomic mass is 19.1. The molecule has 0 atom stereocenters. The fourth-order valence-corrected chi connectivity index (χ4v) is 1.81. The van der Waals surface area contributed by atoms with E-state index >= 15 is 0 Å². The third-order valence-electron chi connectivity index (χ3n) is 3.00. The molecule has 2 nitrogen and oxygen atoms in total. The second kappa shape index (κ2) is 4.29. The van der Waals surface area contributed by atoms with E-state index in [0.29, 0.717) is 22.5 Å². The van der Waals surface area contributed by atoms with Crippen molar-refractivity contribution in [2.45, 2.75) is 13.8 Å². The zero-order chi connectivity index (χ0) is 13.4. The molecular formula is C14H14F2N2. The Labute approximate surface area is 104 Å². The van der Waals surface area contributed by atoms with E-state index in [1.165, 1.54) is 12.1 Å². The largest absolute Gasteiger partial charge is 0.398 e. The molecule has 4 heteroatoms. The molecule has 2 aromatic rings. The third-order valence-corrected chi connectivity index (χ3v) is 3.00. The van der Waals surface area contributed by atoms with Gasteiger partial charge in [0.15, 0.2) is 0 Å². The van der Waals surface area contributed by atoms with Gasteiger partial charge in [-0.3, -0.25) is 0 Å². The maximum Gasteiger partial charge on any atom is 0.133 e. The molecule has 0 unspecified atom stereocenters. The van der Waals surface area contributed by atoms with Gasteiger partial charge in [-0.1, -0.05) is 0 Å². The Hall–Kier alpha value is -2.10. The average Bonchev–Trinajstić information content (AvgIpc) is 2.29. The zero-order valence-corrected chi connectivity index (χ0v) is 10.2. The van der Waals surface area contributed by atoms with Crippen molar-refractivity contribution >= 4 is 11.4 Å². The van der Waals surface area contributed by atoms with Gasteiger partial charge in [-0.25, -0.2) is 8.78 Å². The molecule has 94 valence electrons. The average molecular weight is 248 g/mol. The van der Waals surface area contributed by atoms with Crippen molar-refractivity contribution in [1.82, 2.24) is 0 Å². The van der Waals surface area contributed by atoms with E-state index in [1.807, 2.05) is 0 Å². The second-order valence-electron chi connectivity index (χ2n) is 4.38. The highest BCUT2D eigenvalue weighted by Gasteiger charge is 2.13. The summed E-state index contributed by atoms with van der Waals surface area (Å²) in [7, 11) is 0. The van der Waals surface area contributed by atoms with E-state index in [4.69, 9.17) is 11.5 Å². The van der Waals surface area contributed by atoms with Crippen LogP contribution >= 0.6 is 0 Å². The lowest BCUT2D eigenvalue weighted by Gasteiger charge is -2.10. The third kappa shape index (κ3) is 2.01. The highest BCUT2D eigenvalue weighted by Crippen LogP contribution is 2.31. The van der Waals surface area contributed by atoms with Gasteiger partial charge in [0, 0.05) is 22.5 Å². The first-order valence-corrected chi connectivity index (χ1v) is 5.51. The van der Waals surface area contributed by atoms with Crippen LogP contribution in [0.4, 0.5) is 20.2 Å². The Morgan fingerprint density at radius 3 is 1.39 bits per heavy atom. The van der Waals surface area contributed by atoms with Crippen molar-refractivity contribution in [3.63, 3.8) is 0 Å². The summed E-state index contributed by atoms with van der Waals surface area (Å²) < 4.78 is 27.7. The Bertz CT molecular complexity index is 566. The Balaban J connectivity index is 2.69. The molecule has 0 saturated heterocycles. The van der Waals surface area contributed by atoms with E-state index in [1.54, 1.807) is 26.0 Å². The number of benzene rings is 2. The van der Waals surface area contributed by atoms with Gasteiger partial charge in [0.05, 0.1) is 0 Å². The number of rotatable bonds is 1. The Morgan fingerprint density at radius 1 is 0.722 bits per heavy atom. The van der Waals surface area contributed by atoms with Crippen LogP contribution in [0.15, 0.2) is 24.3 Å². The molecule has 0 fully saturated rings. The number of hydrogen-bond donors (Lipinski definition) is 2. The van der Waals surface area contributed by atoms with Gasteiger partial charge in [-0.05, 0) is 49.2 Å². The molecule has 0 aromatic heterocycles. The first-order chi connectivity index (χ1) is 8.40. The van der Waals surface area contributed by atoms with Crippen molar-refractivity contribution in [2.24, 2.45) is 0 Å². The van der Waals surface area contributed by atoms with Crippen LogP contribution in [-0.4, -0.2) is 0 Å². The van der Waals surface area contributed by atoms with Crippen LogP contribution in [0.5, 0.6) is 0 Å². The molecule has 0 amide bonds. The summed E-state index contributed by atoms with van der Waals surface area (Å²) in [6.45, 7) is 3.50. The SMILES string of the molecule is Cc1cc(-c2cc(C)c(N)cc2F)c(F)cc1N. The van der Waals surface area contributed by atoms with E-state index in [0.717, 1.165) is 0 Å². The monoisotopic (exact) mass is 248 g/mol. The van der Waals surface area contributed by atoms with E-state index < -0.39 is 11.6 Å². The fraction of sp³-hybridized carbons (Fsp3) is 0.143. The number of anilines is 2. The van der Waals surface area contributed by atoms with Crippen molar-refractivity contribution < 1.29 is 8.78 Å². The molecule has 0 heterocycles. The van der Waals surface area contributed by atoms with Gasteiger partial charge in [-0.2, -0.15) is 0 Å². The van der Waals surface area contributed by atoms with Crippen LogP contribution in [0.1, 0.15) is 11.1 Å². The molecule has 4 N–H and O–H groups in total. The minimum Gasteiger partial charge on any atom is -0.398 e. The molecule has 0 radical (unpaired) electrons. The van der Waals surface area contributed by atoms with Gasteiger partial charge in [0.1, 0.15) is 11.6 Å². The maximum absolute atomic E-state index is 13.9. The first kappa shape index (κ1) is 12.4. The smallest absolute Gasteiger partial charge is 0.133 e. The Morgan fingerprint density at radius 2 is 1.06 bits per heavy atom. The molecule has 0 spiro atoms. The first-order valence-electron chi connectivity index (χ1n) is 5.51. The predicted molar refractivity (Wildman–Crippen MR) is 70.1 cm³/mol. The van der Waals surface area contributed by atoms with Crippen LogP contribution in [0.3, 0.4) is 0 Å². The molecular weight excluding hydrogens is 234 g/mol. The van der Waals surface area contributed by atoms with Gasteiger partial charge < -0.3 is 11.5 Å². The lowest BCUT2D eigenvalue weighted by atomic mass is 9.99. The Kier molecular flexibility index (Phi) is 2.95. The summed E-state index contributed by atoms with van der Waals surface area (Å²) in [5.41, 5.74) is 13.7. The van der Waals surface area contributed by atoms with E-state index in [2.05, 4.69) is 0 Å². The standard InChI is InChI=1S/C14H14F2N2/c1-7-3-9(11(15)5-13(7)17)10-4-8(2)14(18)6-12(10)16/h3-6H,17-18H2,1-2H3. The summed E-state index contributed by atoms with van der Waals surface area (Å²) in [5, 5.41) is 0. The van der Waals surface area contributed by atoms with Crippen LogP contribution < -0.4 is 11.5 Å². The summed E-state index contributed by atoms with van der Waals surface area (Å²) in [6, 6.07) is 5.49. The van der Waals surface area contributed by atoms with Crippen LogP contribution in [0, 0.1) is 25.5 Å². The molecule has 0 bridgehead atoms. The number of hydrogen-bond acceptors (Lipinski definition) is 2. The van der Waals surface area contributed by atoms with Crippen LogP contribution in [0.25, 0.3) is 11.1 Å². The molecule has 0 aliphatic carbocycles. The second-order valence-corrected chi connectivity index (χ2v) is 4.38. The summed E-state index contributed by atoms with van der Waals surface area (Å²) in [5.74, 6) is -1.08. The van der Waals surface area contributed by atoms with E-state index in [-0.39, 0.29) is 11.1 Å². The lowest BCUT2D eigenvalue weighted by Crippen LogP contribution is -1.97. The number of halogens is 2. The van der Waals surface area contributed by atoms with Gasteiger partial charge in [0.25, 0.3) is 0 Å². The predicted octanol–water partition coefficient (Wildman–Crippen LogP) is 3.41. The van der Waals surface area contributed by atoms with Crippen molar-refractivity contribution in [1.29, 1.82) is 0 Å². The summed E-state index contributed by atoms with van der Waals surface area (Å²) in [4.78, 5) is 0. The number of aryl methyl sites for hydroxylation is 2. The van der Waals surface area contributed by atoms with Crippen LogP contribution in [-0.2, 0) is 0 Å². The van der Waals surface area contributed by atoms with Crippen molar-refractivity contribution in [3.8, 4) is 11.1 Å². The molecule has 0 saturated carbocycles. The van der Waals surface area contributed by atoms with Gasteiger partial charge in [-0.15, -0.1) is 0 Å². The molecule has 2 aromatic carbocycles. The zero-order valence-electron chi connectivity index (χ0n) is 10.2. The fourth-order valence-electron chi connectivity index (χ4n) is 1.81. The molecule has 0 aliphatic heterocycles. The topological polar surface area (TPSA) is 52.0 Å². The maximum atomic E-state index is 13.9. The summed E-state index contributed by atoms with van der Waals surface area (Å²) in [6.07, 6.45) is 0. The normalized spacial score (nSPS) is 10.7. The number of nitrogens with two attached hydrogens (primary N) is 2. The van der Waals surface area contributed by atoms with Crippen molar-refractivity contribution in [3.05, 3.63) is 47.0 Å². The van der Waals surface area contributed by atoms with Crippen LogP contribution in [0.2, 0.25) is 0 Å².